The zero-order valence-electron chi connectivity index (χ0n) is 20.9. The summed E-state index contributed by atoms with van der Waals surface area (Å²) in [6, 6.07) is 15.3. The smallest absolute Gasteiger partial charge is 0.289 e. The van der Waals surface area contributed by atoms with Gasteiger partial charge < -0.3 is 28.4 Å². The molecule has 8 nitrogen and oxygen atoms in total. The van der Waals surface area contributed by atoms with Crippen molar-refractivity contribution in [2.24, 2.45) is 0 Å². The normalized spacial score (nSPS) is 13.8. The van der Waals surface area contributed by atoms with E-state index in [9.17, 15) is 9.59 Å². The number of nitrogens with zero attached hydrogens (tertiary/aromatic N) is 4. The van der Waals surface area contributed by atoms with Crippen LogP contribution in [0.3, 0.4) is 0 Å². The predicted octanol–water partition coefficient (Wildman–Crippen LogP) is 4.13. The highest BCUT2D eigenvalue weighted by molar-refractivity contribution is 6.30. The number of benzene rings is 1. The van der Waals surface area contributed by atoms with E-state index >= 15 is 0 Å². The van der Waals surface area contributed by atoms with Gasteiger partial charge >= 0.3 is 0 Å². The van der Waals surface area contributed by atoms with Crippen LogP contribution in [0, 0.1) is 0 Å². The molecule has 0 atom stereocenters. The number of halogens is 1. The van der Waals surface area contributed by atoms with Crippen LogP contribution in [0.15, 0.2) is 59.1 Å². The van der Waals surface area contributed by atoms with Gasteiger partial charge in [-0.1, -0.05) is 24.6 Å². The lowest BCUT2D eigenvalue weighted by atomic mass is 10.2. The van der Waals surface area contributed by atoms with Crippen LogP contribution < -0.4 is 4.90 Å². The summed E-state index contributed by atoms with van der Waals surface area (Å²) in [5.41, 5.74) is 2.06. The third kappa shape index (κ3) is 6.30. The fourth-order valence-corrected chi connectivity index (χ4v) is 4.65. The monoisotopic (exact) mass is 512 g/mol. The Morgan fingerprint density at radius 3 is 2.61 bits per heavy atom. The summed E-state index contributed by atoms with van der Waals surface area (Å²) in [7, 11) is 1.53. The van der Waals surface area contributed by atoms with Crippen LogP contribution in [0.5, 0.6) is 0 Å². The van der Waals surface area contributed by atoms with Gasteiger partial charge in [-0.2, -0.15) is 0 Å². The quantitative estimate of drug-likeness (QED) is 0.408. The minimum absolute atomic E-state index is 0.0339. The van der Waals surface area contributed by atoms with E-state index in [1.54, 1.807) is 11.0 Å². The van der Waals surface area contributed by atoms with Crippen molar-refractivity contribution in [1.82, 2.24) is 14.4 Å². The highest BCUT2D eigenvalue weighted by Crippen LogP contribution is 2.22. The maximum absolute atomic E-state index is 13.1. The zero-order chi connectivity index (χ0) is 25.5. The lowest BCUT2D eigenvalue weighted by Gasteiger charge is -2.35. The molecule has 0 unspecified atom stereocenters. The molecular formula is C27H33ClN4O4. The van der Waals surface area contributed by atoms with Crippen LogP contribution in [0.25, 0.3) is 0 Å². The van der Waals surface area contributed by atoms with E-state index in [0.29, 0.717) is 49.3 Å². The van der Waals surface area contributed by atoms with Gasteiger partial charge in [0.05, 0.1) is 13.1 Å². The van der Waals surface area contributed by atoms with E-state index in [1.165, 1.54) is 7.11 Å². The molecule has 2 amide bonds. The van der Waals surface area contributed by atoms with E-state index in [0.717, 1.165) is 30.9 Å². The molecule has 1 aliphatic heterocycles. The number of methoxy groups -OCH3 is 1. The molecule has 9 heteroatoms. The fraction of sp³-hybridized carbons (Fsp3) is 0.407. The van der Waals surface area contributed by atoms with E-state index in [1.807, 2.05) is 65.1 Å². The van der Waals surface area contributed by atoms with E-state index in [-0.39, 0.29) is 18.4 Å². The number of amides is 2. The maximum atomic E-state index is 13.1. The Morgan fingerprint density at radius 2 is 1.89 bits per heavy atom. The minimum Gasteiger partial charge on any atom is -0.454 e. The molecule has 3 heterocycles. The molecule has 0 radical (unpaired) electrons. The van der Waals surface area contributed by atoms with Crippen molar-refractivity contribution in [2.45, 2.75) is 26.4 Å². The lowest BCUT2D eigenvalue weighted by molar-refractivity contribution is -0.135. The summed E-state index contributed by atoms with van der Waals surface area (Å²) < 4.78 is 13.0. The average molecular weight is 513 g/mol. The Labute approximate surface area is 217 Å². The standard InChI is InChI=1S/C27H33ClN4O4/c1-3-11-32(26(33)20-35-2)18-23-8-5-12-31(23)19-24-9-10-25(36-24)27(34)30-15-13-29(14-16-30)22-7-4-6-21(28)17-22/h4-10,12,17H,3,11,13-16,18-20H2,1-2H3. The van der Waals surface area contributed by atoms with Crippen molar-refractivity contribution in [2.75, 3.05) is 51.3 Å². The van der Waals surface area contributed by atoms with Crippen molar-refractivity contribution in [3.8, 4) is 0 Å². The molecule has 192 valence electrons. The molecule has 1 aromatic carbocycles. The second-order valence-electron chi connectivity index (χ2n) is 8.90. The molecule has 1 aliphatic rings. The molecule has 4 rings (SSSR count). The summed E-state index contributed by atoms with van der Waals surface area (Å²) in [4.78, 5) is 31.3. The Balaban J connectivity index is 1.35. The Morgan fingerprint density at radius 1 is 1.08 bits per heavy atom. The van der Waals surface area contributed by atoms with Crippen LogP contribution in [0.2, 0.25) is 5.02 Å². The highest BCUT2D eigenvalue weighted by atomic mass is 35.5. The van der Waals surface area contributed by atoms with Gasteiger partial charge in [-0.3, -0.25) is 9.59 Å². The number of anilines is 1. The second-order valence-corrected chi connectivity index (χ2v) is 9.34. The summed E-state index contributed by atoms with van der Waals surface area (Å²) in [5, 5.41) is 0.708. The number of piperazine rings is 1. The number of rotatable bonds is 10. The van der Waals surface area contributed by atoms with Crippen molar-refractivity contribution < 1.29 is 18.7 Å². The van der Waals surface area contributed by atoms with Crippen molar-refractivity contribution in [3.05, 3.63) is 77.0 Å². The Hall–Kier alpha value is -3.23. The number of carbonyl (C=O) groups is 2. The van der Waals surface area contributed by atoms with Crippen LogP contribution in [-0.2, 0) is 22.6 Å². The van der Waals surface area contributed by atoms with Gasteiger partial charge in [0.1, 0.15) is 12.4 Å². The minimum atomic E-state index is -0.0981. The largest absolute Gasteiger partial charge is 0.454 e. The van der Waals surface area contributed by atoms with Crippen LogP contribution in [-0.4, -0.2) is 72.6 Å². The summed E-state index contributed by atoms with van der Waals surface area (Å²) in [6.45, 7) is 6.46. The van der Waals surface area contributed by atoms with Gasteiger partial charge in [0.15, 0.2) is 5.76 Å². The van der Waals surface area contributed by atoms with Gasteiger partial charge in [0, 0.05) is 62.4 Å². The van der Waals surface area contributed by atoms with Gasteiger partial charge in [0.25, 0.3) is 5.91 Å². The van der Waals surface area contributed by atoms with Crippen molar-refractivity contribution in [3.63, 3.8) is 0 Å². The number of aromatic nitrogens is 1. The molecule has 0 saturated carbocycles. The summed E-state index contributed by atoms with van der Waals surface area (Å²) in [5.74, 6) is 0.906. The molecule has 0 spiro atoms. The molecular weight excluding hydrogens is 480 g/mol. The Kier molecular flexibility index (Phi) is 8.72. The number of furan rings is 1. The fourth-order valence-electron chi connectivity index (χ4n) is 4.46. The topological polar surface area (TPSA) is 71.2 Å². The second kappa shape index (κ2) is 12.1. The molecule has 1 saturated heterocycles. The first kappa shape index (κ1) is 25.9. The molecule has 0 bridgehead atoms. The Bertz CT molecular complexity index is 1170. The lowest BCUT2D eigenvalue weighted by Crippen LogP contribution is -2.48. The molecule has 0 aliphatic carbocycles. The van der Waals surface area contributed by atoms with Crippen molar-refractivity contribution in [1.29, 1.82) is 0 Å². The number of hydrogen-bond acceptors (Lipinski definition) is 5. The first-order valence-corrected chi connectivity index (χ1v) is 12.7. The SMILES string of the molecule is CCCN(Cc1cccn1Cc1ccc(C(=O)N2CCN(c3cccc(Cl)c3)CC2)o1)C(=O)COC. The van der Waals surface area contributed by atoms with Crippen molar-refractivity contribution >= 4 is 29.1 Å². The van der Waals surface area contributed by atoms with Gasteiger partial charge in [0.2, 0.25) is 5.91 Å². The molecule has 36 heavy (non-hydrogen) atoms. The van der Waals surface area contributed by atoms with Crippen LogP contribution >= 0.6 is 11.6 Å². The third-order valence-electron chi connectivity index (χ3n) is 6.33. The number of ether oxygens (including phenoxy) is 1. The van der Waals surface area contributed by atoms with E-state index < -0.39 is 0 Å². The zero-order valence-corrected chi connectivity index (χ0v) is 21.6. The molecule has 3 aromatic rings. The third-order valence-corrected chi connectivity index (χ3v) is 6.56. The molecule has 2 aromatic heterocycles. The summed E-state index contributed by atoms with van der Waals surface area (Å²) in [6.07, 6.45) is 2.83. The molecule has 1 fully saturated rings. The predicted molar refractivity (Wildman–Crippen MR) is 139 cm³/mol. The number of hydrogen-bond donors (Lipinski definition) is 0. The summed E-state index contributed by atoms with van der Waals surface area (Å²) >= 11 is 6.12. The van der Waals surface area contributed by atoms with Gasteiger partial charge in [-0.05, 0) is 48.9 Å². The van der Waals surface area contributed by atoms with Crippen LogP contribution in [0.4, 0.5) is 5.69 Å². The number of carbonyl (C=O) groups excluding carboxylic acids is 2. The average Bonchev–Trinajstić information content (AvgIpc) is 3.53. The van der Waals surface area contributed by atoms with Crippen LogP contribution in [0.1, 0.15) is 35.4 Å². The van der Waals surface area contributed by atoms with Gasteiger partial charge in [-0.25, -0.2) is 0 Å². The van der Waals surface area contributed by atoms with Gasteiger partial charge in [-0.15, -0.1) is 0 Å². The molecule has 0 N–H and O–H groups in total. The highest BCUT2D eigenvalue weighted by Gasteiger charge is 2.25. The first-order chi connectivity index (χ1) is 17.5. The maximum Gasteiger partial charge on any atom is 0.289 e. The first-order valence-electron chi connectivity index (χ1n) is 12.3. The van der Waals surface area contributed by atoms with E-state index in [4.69, 9.17) is 20.8 Å². The van der Waals surface area contributed by atoms with E-state index in [2.05, 4.69) is 4.90 Å².